The minimum atomic E-state index is -0.827. The minimum absolute atomic E-state index is 0.149. The van der Waals surface area contributed by atoms with E-state index in [0.717, 1.165) is 0 Å². The van der Waals surface area contributed by atoms with Crippen molar-refractivity contribution in [1.82, 2.24) is 0 Å². The van der Waals surface area contributed by atoms with Gasteiger partial charge in [-0.1, -0.05) is 12.2 Å². The molecule has 4 aliphatic heterocycles. The lowest BCUT2D eigenvalue weighted by atomic mass is 9.77. The molecule has 0 aromatic heterocycles. The third kappa shape index (κ3) is 2.96. The van der Waals surface area contributed by atoms with Crippen LogP contribution in [0.4, 0.5) is 11.4 Å². The zero-order valence-electron chi connectivity index (χ0n) is 18.1. The maximum absolute atomic E-state index is 13.6. The third-order valence-corrected chi connectivity index (χ3v) is 6.69. The average molecular weight is 450 g/mol. The quantitative estimate of drug-likeness (QED) is 0.699. The van der Waals surface area contributed by atoms with Crippen LogP contribution >= 0.6 is 0 Å². The summed E-state index contributed by atoms with van der Waals surface area (Å²) in [6, 6.07) is 10.5. The van der Waals surface area contributed by atoms with Gasteiger partial charge in [0.25, 0.3) is 0 Å². The first kappa shape index (κ1) is 19.9. The predicted molar refractivity (Wildman–Crippen MR) is 117 cm³/mol. The van der Waals surface area contributed by atoms with Gasteiger partial charge in [0.1, 0.15) is 17.1 Å². The molecule has 2 bridgehead atoms. The molecular weight excluding hydrogens is 428 g/mol. The summed E-state index contributed by atoms with van der Waals surface area (Å²) >= 11 is 0. The van der Waals surface area contributed by atoms with E-state index in [4.69, 9.17) is 23.7 Å². The standard InChI is InChI=1S/C24H22N2O7/c1-29-15-7-13(8-16(10-15)30-2)25-22(27)20-18-5-6-24(33-18)11-26(23(28)21(20)24)14-3-4-17-19(9-14)32-12-31-17/h3-10,18,20-21H,11-12H2,1-2H3,(H,25,27)/t18-,20+,21-,24+/m1/s1. The first-order valence-electron chi connectivity index (χ1n) is 10.6. The van der Waals surface area contributed by atoms with Gasteiger partial charge in [0.15, 0.2) is 11.5 Å². The van der Waals surface area contributed by atoms with Crippen LogP contribution in [0.5, 0.6) is 23.0 Å². The fraction of sp³-hybridized carbons (Fsp3) is 0.333. The van der Waals surface area contributed by atoms with E-state index in [2.05, 4.69) is 5.32 Å². The molecule has 170 valence electrons. The summed E-state index contributed by atoms with van der Waals surface area (Å²) in [5.41, 5.74) is 0.381. The van der Waals surface area contributed by atoms with Crippen LogP contribution in [0.1, 0.15) is 0 Å². The number of methoxy groups -OCH3 is 2. The van der Waals surface area contributed by atoms with Gasteiger partial charge in [0.2, 0.25) is 18.6 Å². The molecule has 4 aliphatic rings. The van der Waals surface area contributed by atoms with Crippen molar-refractivity contribution in [3.05, 3.63) is 48.6 Å². The number of nitrogens with zero attached hydrogens (tertiary/aromatic N) is 1. The Bertz CT molecular complexity index is 1170. The lowest BCUT2D eigenvalue weighted by Gasteiger charge is -2.23. The summed E-state index contributed by atoms with van der Waals surface area (Å²) in [6.07, 6.45) is 3.35. The van der Waals surface area contributed by atoms with Crippen LogP contribution in [0.2, 0.25) is 0 Å². The van der Waals surface area contributed by atoms with Gasteiger partial charge < -0.3 is 33.9 Å². The highest BCUT2D eigenvalue weighted by atomic mass is 16.7. The van der Waals surface area contributed by atoms with Gasteiger partial charge in [-0.15, -0.1) is 0 Å². The van der Waals surface area contributed by atoms with E-state index in [1.807, 2.05) is 18.2 Å². The van der Waals surface area contributed by atoms with Crippen LogP contribution in [-0.2, 0) is 14.3 Å². The molecule has 1 spiro atoms. The van der Waals surface area contributed by atoms with Crippen molar-refractivity contribution in [2.45, 2.75) is 11.7 Å². The van der Waals surface area contributed by atoms with E-state index in [1.54, 1.807) is 49.5 Å². The van der Waals surface area contributed by atoms with Gasteiger partial charge in [-0.2, -0.15) is 0 Å². The van der Waals surface area contributed by atoms with Crippen LogP contribution in [0, 0.1) is 11.8 Å². The molecule has 2 saturated heterocycles. The first-order valence-corrected chi connectivity index (χ1v) is 10.6. The molecule has 4 heterocycles. The topological polar surface area (TPSA) is 95.6 Å². The number of carbonyl (C=O) groups excluding carboxylic acids is 2. The molecule has 0 aliphatic carbocycles. The Labute approximate surface area is 189 Å². The number of hydrogen-bond donors (Lipinski definition) is 1. The summed E-state index contributed by atoms with van der Waals surface area (Å²) in [7, 11) is 3.08. The van der Waals surface area contributed by atoms with Crippen molar-refractivity contribution in [2.24, 2.45) is 11.8 Å². The number of ether oxygens (including phenoxy) is 5. The highest BCUT2D eigenvalue weighted by molar-refractivity contribution is 6.05. The molecule has 4 atom stereocenters. The van der Waals surface area contributed by atoms with E-state index in [0.29, 0.717) is 40.9 Å². The molecule has 2 fully saturated rings. The Hall–Kier alpha value is -3.72. The Kier molecular flexibility index (Phi) is 4.31. The summed E-state index contributed by atoms with van der Waals surface area (Å²) in [4.78, 5) is 28.6. The molecule has 2 amide bonds. The molecule has 6 rings (SSSR count). The monoisotopic (exact) mass is 450 g/mol. The molecule has 2 aromatic carbocycles. The Morgan fingerprint density at radius 2 is 1.85 bits per heavy atom. The van der Waals surface area contributed by atoms with Crippen LogP contribution in [0.25, 0.3) is 0 Å². The van der Waals surface area contributed by atoms with Gasteiger partial charge in [-0.3, -0.25) is 9.59 Å². The Morgan fingerprint density at radius 1 is 1.09 bits per heavy atom. The SMILES string of the molecule is COc1cc(NC(=O)[C@H]2[C@H]3C=C[C@@]4(CN(c5ccc6c(c5)OCO6)C(=O)[C@@H]24)O3)cc(OC)c1. The molecule has 0 unspecified atom stereocenters. The number of carbonyl (C=O) groups is 2. The van der Waals surface area contributed by atoms with Crippen LogP contribution in [0.15, 0.2) is 48.6 Å². The number of rotatable bonds is 5. The maximum atomic E-state index is 13.6. The molecular formula is C24H22N2O7. The molecule has 9 heteroatoms. The second-order valence-corrected chi connectivity index (χ2v) is 8.45. The van der Waals surface area contributed by atoms with Crippen LogP contribution in [0.3, 0.4) is 0 Å². The Morgan fingerprint density at radius 3 is 2.61 bits per heavy atom. The summed E-state index contributed by atoms with van der Waals surface area (Å²) in [5, 5.41) is 2.92. The van der Waals surface area contributed by atoms with Gasteiger partial charge in [0, 0.05) is 35.6 Å². The molecule has 9 nitrogen and oxygen atoms in total. The van der Waals surface area contributed by atoms with Gasteiger partial charge in [-0.25, -0.2) is 0 Å². The zero-order valence-corrected chi connectivity index (χ0v) is 18.1. The molecule has 0 saturated carbocycles. The molecule has 0 radical (unpaired) electrons. The van der Waals surface area contributed by atoms with Crippen molar-refractivity contribution in [3.63, 3.8) is 0 Å². The maximum Gasteiger partial charge on any atom is 0.234 e. The Balaban J connectivity index is 1.28. The van der Waals surface area contributed by atoms with Crippen molar-refractivity contribution in [1.29, 1.82) is 0 Å². The van der Waals surface area contributed by atoms with Crippen LogP contribution < -0.4 is 29.2 Å². The van der Waals surface area contributed by atoms with E-state index in [9.17, 15) is 9.59 Å². The van der Waals surface area contributed by atoms with Gasteiger partial charge in [-0.05, 0) is 12.1 Å². The number of fused-ring (bicyclic) bond motifs is 2. The first-order chi connectivity index (χ1) is 16.0. The van der Waals surface area contributed by atoms with Crippen molar-refractivity contribution < 1.29 is 33.3 Å². The molecule has 33 heavy (non-hydrogen) atoms. The zero-order chi connectivity index (χ0) is 22.7. The molecule has 1 N–H and O–H groups in total. The number of nitrogens with one attached hydrogen (secondary N) is 1. The minimum Gasteiger partial charge on any atom is -0.497 e. The smallest absolute Gasteiger partial charge is 0.234 e. The fourth-order valence-corrected chi connectivity index (χ4v) is 5.17. The predicted octanol–water partition coefficient (Wildman–Crippen LogP) is 2.36. The van der Waals surface area contributed by atoms with Crippen molar-refractivity contribution in [3.8, 4) is 23.0 Å². The van der Waals surface area contributed by atoms with Crippen molar-refractivity contribution >= 4 is 23.2 Å². The van der Waals surface area contributed by atoms with E-state index >= 15 is 0 Å². The highest BCUT2D eigenvalue weighted by Gasteiger charge is 2.67. The van der Waals surface area contributed by atoms with Gasteiger partial charge in [0.05, 0.1) is 38.7 Å². The lowest BCUT2D eigenvalue weighted by molar-refractivity contribution is -0.128. The van der Waals surface area contributed by atoms with E-state index in [-0.39, 0.29) is 18.6 Å². The second-order valence-electron chi connectivity index (χ2n) is 8.45. The highest BCUT2D eigenvalue weighted by Crippen LogP contribution is 2.53. The number of hydrogen-bond acceptors (Lipinski definition) is 7. The number of amides is 2. The van der Waals surface area contributed by atoms with E-state index < -0.39 is 23.5 Å². The normalized spacial score (nSPS) is 28.2. The molecule has 2 aromatic rings. The average Bonchev–Trinajstić information content (AvgIpc) is 3.58. The summed E-state index contributed by atoms with van der Waals surface area (Å²) in [6.45, 7) is 0.490. The summed E-state index contributed by atoms with van der Waals surface area (Å²) < 4.78 is 27.6. The van der Waals surface area contributed by atoms with Gasteiger partial charge >= 0.3 is 0 Å². The van der Waals surface area contributed by atoms with Crippen molar-refractivity contribution in [2.75, 3.05) is 37.8 Å². The van der Waals surface area contributed by atoms with Crippen LogP contribution in [-0.4, -0.2) is 51.1 Å². The summed E-state index contributed by atoms with van der Waals surface area (Å²) in [5.74, 6) is 0.636. The lowest BCUT2D eigenvalue weighted by Crippen LogP contribution is -2.41. The van der Waals surface area contributed by atoms with E-state index in [1.165, 1.54) is 0 Å². The second kappa shape index (κ2) is 7.14. The number of benzene rings is 2. The largest absolute Gasteiger partial charge is 0.497 e. The third-order valence-electron chi connectivity index (χ3n) is 6.69. The number of anilines is 2. The fourth-order valence-electron chi connectivity index (χ4n) is 5.17.